The van der Waals surface area contributed by atoms with Crippen molar-refractivity contribution in [3.05, 3.63) is 72.4 Å². The maximum atomic E-state index is 13.8. The van der Waals surface area contributed by atoms with Crippen molar-refractivity contribution in [2.75, 3.05) is 12.0 Å². The van der Waals surface area contributed by atoms with Crippen molar-refractivity contribution in [1.29, 1.82) is 0 Å². The summed E-state index contributed by atoms with van der Waals surface area (Å²) in [5.41, 5.74) is 4.00. The van der Waals surface area contributed by atoms with Crippen LogP contribution in [0.3, 0.4) is 0 Å². The molecule has 0 spiro atoms. The van der Waals surface area contributed by atoms with Crippen LogP contribution in [-0.2, 0) is 14.2 Å². The van der Waals surface area contributed by atoms with Gasteiger partial charge in [-0.15, -0.1) is 0 Å². The summed E-state index contributed by atoms with van der Waals surface area (Å²) < 4.78 is 12.0. The number of hydrogen-bond donors (Lipinski definition) is 2. The first-order chi connectivity index (χ1) is 20.0. The highest BCUT2D eigenvalue weighted by Crippen LogP contribution is 2.51. The van der Waals surface area contributed by atoms with Crippen LogP contribution in [0.2, 0.25) is 6.32 Å². The number of anilines is 1. The van der Waals surface area contributed by atoms with E-state index in [9.17, 15) is 29.8 Å². The van der Waals surface area contributed by atoms with Gasteiger partial charge in [0.2, 0.25) is 11.8 Å². The summed E-state index contributed by atoms with van der Waals surface area (Å²) in [6.45, 7) is 4.02. The van der Waals surface area contributed by atoms with Gasteiger partial charge in [-0.1, -0.05) is 30.2 Å². The molecule has 3 aliphatic rings. The van der Waals surface area contributed by atoms with Crippen LogP contribution in [0.1, 0.15) is 45.1 Å². The monoisotopic (exact) mass is 686 g/mol. The Morgan fingerprint density at radius 2 is 2.02 bits per heavy atom. The third kappa shape index (κ3) is 5.59. The number of phenolic OH excluding ortho intramolecular Hbond substituents is 1. The molecule has 12 heteroatoms. The van der Waals surface area contributed by atoms with E-state index >= 15 is 0 Å². The molecule has 1 aliphatic carbocycles. The molecule has 2 aromatic carbocycles. The number of nitro benzene ring substituents is 1. The first kappa shape index (κ1) is 30.2. The van der Waals surface area contributed by atoms with E-state index in [1.54, 1.807) is 6.07 Å². The number of fused-ring (bicyclic) bond motifs is 3. The van der Waals surface area contributed by atoms with E-state index in [0.29, 0.717) is 28.6 Å². The second-order valence-electron chi connectivity index (χ2n) is 11.0. The number of non-ortho nitro benzene ring substituents is 1. The minimum Gasteiger partial charge on any atom is -0.504 e. The Kier molecular flexibility index (Phi) is 8.77. The Balaban J connectivity index is 1.39. The lowest BCUT2D eigenvalue weighted by Gasteiger charge is -2.42. The van der Waals surface area contributed by atoms with E-state index in [1.165, 1.54) is 31.4 Å². The maximum Gasteiger partial charge on any atom is 0.455 e. The van der Waals surface area contributed by atoms with Gasteiger partial charge < -0.3 is 19.5 Å². The number of ether oxygens (including phenoxy) is 1. The second kappa shape index (κ2) is 12.2. The lowest BCUT2D eigenvalue weighted by Crippen LogP contribution is -2.46. The number of hydrogen-bond acceptors (Lipinski definition) is 8. The molecule has 4 atom stereocenters. The van der Waals surface area contributed by atoms with Crippen molar-refractivity contribution in [3.8, 4) is 11.5 Å². The van der Waals surface area contributed by atoms with Crippen LogP contribution in [-0.4, -0.2) is 47.2 Å². The molecule has 0 saturated carbocycles. The highest BCUT2D eigenvalue weighted by atomic mass is 127. The van der Waals surface area contributed by atoms with Crippen LogP contribution in [0.4, 0.5) is 11.4 Å². The number of carbonyl (C=O) groups is 2. The number of allylic oxidation sites excluding steroid dienone is 2. The highest BCUT2D eigenvalue weighted by Gasteiger charge is 2.57. The molecule has 220 valence electrons. The molecule has 2 amide bonds. The number of methoxy groups -OCH3 is 1. The van der Waals surface area contributed by atoms with Crippen molar-refractivity contribution in [1.82, 2.24) is 0 Å². The molecule has 2 N–H and O–H groups in total. The molecule has 42 heavy (non-hydrogen) atoms. The van der Waals surface area contributed by atoms with Crippen LogP contribution < -0.4 is 9.64 Å². The highest BCUT2D eigenvalue weighted by molar-refractivity contribution is 14.1. The predicted molar refractivity (Wildman–Crippen MR) is 166 cm³/mol. The van der Waals surface area contributed by atoms with Crippen molar-refractivity contribution < 1.29 is 34.0 Å². The number of nitro groups is 1. The molecule has 2 aromatic rings. The van der Waals surface area contributed by atoms with Crippen molar-refractivity contribution in [2.45, 2.75) is 52.0 Å². The number of phenols is 1. The molecule has 10 nitrogen and oxygen atoms in total. The number of halogens is 1. The quantitative estimate of drug-likeness (QED) is 0.0927. The van der Waals surface area contributed by atoms with Gasteiger partial charge >= 0.3 is 7.12 Å². The minimum absolute atomic E-state index is 0.103. The topological polar surface area (TPSA) is 139 Å². The predicted octanol–water partition coefficient (Wildman–Crippen LogP) is 5.51. The Bertz CT molecular complexity index is 1510. The number of aromatic hydroxyl groups is 1. The molecule has 0 aromatic heterocycles. The smallest absolute Gasteiger partial charge is 0.455 e. The largest absolute Gasteiger partial charge is 0.504 e. The van der Waals surface area contributed by atoms with E-state index in [4.69, 9.17) is 9.39 Å². The van der Waals surface area contributed by atoms with Gasteiger partial charge in [0, 0.05) is 12.1 Å². The van der Waals surface area contributed by atoms with Gasteiger partial charge in [-0.3, -0.25) is 19.7 Å². The molecular weight excluding hydrogens is 654 g/mol. The fraction of sp³-hybridized carbons (Fsp3) is 0.400. The van der Waals surface area contributed by atoms with Crippen molar-refractivity contribution in [2.24, 2.45) is 17.8 Å². The molecule has 5 rings (SSSR count). The molecule has 2 heterocycles. The summed E-state index contributed by atoms with van der Waals surface area (Å²) in [6, 6.07) is 9.24. The van der Waals surface area contributed by atoms with Gasteiger partial charge in [-0.05, 0) is 96.8 Å². The van der Waals surface area contributed by atoms with Crippen molar-refractivity contribution in [3.63, 3.8) is 0 Å². The summed E-state index contributed by atoms with van der Waals surface area (Å²) in [7, 11) is 0.430. The molecular formula is C30H32BIN2O8. The summed E-state index contributed by atoms with van der Waals surface area (Å²) in [5, 5.41) is 32.3. The first-order valence-corrected chi connectivity index (χ1v) is 15.0. The van der Waals surface area contributed by atoms with E-state index in [-0.39, 0.29) is 35.3 Å². The second-order valence-corrected chi connectivity index (χ2v) is 12.2. The summed E-state index contributed by atoms with van der Waals surface area (Å²) in [5.74, 6) is -1.87. The van der Waals surface area contributed by atoms with Gasteiger partial charge in [-0.25, -0.2) is 4.90 Å². The van der Waals surface area contributed by atoms with Crippen LogP contribution in [0.15, 0.2) is 53.1 Å². The maximum absolute atomic E-state index is 13.8. The van der Waals surface area contributed by atoms with Gasteiger partial charge in [0.15, 0.2) is 11.5 Å². The Labute approximate surface area is 257 Å². The molecule has 0 bridgehead atoms. The van der Waals surface area contributed by atoms with Crippen LogP contribution in [0.5, 0.6) is 11.5 Å². The number of imide groups is 1. The summed E-state index contributed by atoms with van der Waals surface area (Å²) in [4.78, 5) is 39.2. The van der Waals surface area contributed by atoms with Gasteiger partial charge in [0.25, 0.3) is 5.69 Å². The molecule has 2 saturated heterocycles. The zero-order valence-corrected chi connectivity index (χ0v) is 25.7. The van der Waals surface area contributed by atoms with Gasteiger partial charge in [0.05, 0.1) is 39.2 Å². The van der Waals surface area contributed by atoms with Crippen LogP contribution in [0, 0.1) is 31.4 Å². The first-order valence-electron chi connectivity index (χ1n) is 13.9. The lowest BCUT2D eigenvalue weighted by molar-refractivity contribution is -0.384. The zero-order chi connectivity index (χ0) is 30.3. The van der Waals surface area contributed by atoms with E-state index in [2.05, 4.69) is 35.6 Å². The Morgan fingerprint density at radius 1 is 1.26 bits per heavy atom. The van der Waals surface area contributed by atoms with E-state index in [0.717, 1.165) is 33.6 Å². The average molecular weight is 686 g/mol. The third-order valence-electron chi connectivity index (χ3n) is 8.57. The molecule has 0 unspecified atom stereocenters. The number of benzene rings is 2. The minimum atomic E-state index is -1.08. The normalized spacial score (nSPS) is 24.2. The Morgan fingerprint density at radius 3 is 2.71 bits per heavy atom. The zero-order valence-electron chi connectivity index (χ0n) is 23.6. The number of nitrogens with zero attached hydrogens (tertiary/aromatic N) is 2. The SMILES string of the molecule is CC/C(=C\c1cc(I)c(O)c(OC)c1)CC[C@H]1OB(O)C[C@H]2C1=C(C)C[C@H]1C(=O)N(c3cccc([N+](=O)[O-])c3)C(=O)[C@H]12. The molecule has 2 fully saturated rings. The lowest BCUT2D eigenvalue weighted by atomic mass is 9.59. The number of amides is 2. The van der Waals surface area contributed by atoms with E-state index in [1.807, 2.05) is 13.0 Å². The Hall–Kier alpha value is -3.23. The summed E-state index contributed by atoms with van der Waals surface area (Å²) >= 11 is 2.07. The number of rotatable bonds is 8. The molecule has 2 aliphatic heterocycles. The van der Waals surface area contributed by atoms with Crippen molar-refractivity contribution >= 4 is 59.0 Å². The van der Waals surface area contributed by atoms with E-state index < -0.39 is 35.9 Å². The summed E-state index contributed by atoms with van der Waals surface area (Å²) in [6.07, 6.45) is 4.29. The van der Waals surface area contributed by atoms with Gasteiger partial charge in [-0.2, -0.15) is 0 Å². The third-order valence-corrected chi connectivity index (χ3v) is 9.40. The fourth-order valence-electron chi connectivity index (χ4n) is 6.66. The standard InChI is InChI=1S/C30H32BIN2O8/c1-4-17(11-18-12-23(32)28(35)25(13-18)41-3)8-9-24-26-16(2)10-21-27(22(26)15-31(38)42-24)30(37)33(29(21)36)19-6-5-7-20(14-19)34(39)40/h5-7,11-14,21-22,24,27,35,38H,4,8-10,15H2,1-3H3/b17-11+/t21-,22+,24-,27-/m1/s1. The van der Waals surface area contributed by atoms with Crippen LogP contribution in [0.25, 0.3) is 6.08 Å². The number of carbonyl (C=O) groups excluding carboxylic acids is 2. The molecule has 0 radical (unpaired) electrons. The van der Waals surface area contributed by atoms with Gasteiger partial charge in [0.1, 0.15) is 0 Å². The fourth-order valence-corrected chi connectivity index (χ4v) is 7.28. The van der Waals surface area contributed by atoms with Crippen LogP contribution >= 0.6 is 22.6 Å². The average Bonchev–Trinajstić information content (AvgIpc) is 3.21.